The molecule has 0 unspecified atom stereocenters. The van der Waals surface area contributed by atoms with E-state index in [0.29, 0.717) is 43.6 Å². The smallest absolute Gasteiger partial charge is 0.223 e. The standard InChI is InChI=1S/C15H18FN7O/c1-10-20-14(21-24-10)9-23-7-11(16)3-13(23)8-22(2)15-6-18-12(4-17)5-19-15/h5-6,11,13H,3,7-9H2,1-2H3/t11-,13-/m0/s1. The second-order valence-corrected chi connectivity index (χ2v) is 5.90. The van der Waals surface area contributed by atoms with Crippen molar-refractivity contribution in [3.63, 3.8) is 0 Å². The highest BCUT2D eigenvalue weighted by atomic mass is 19.1. The number of nitrogens with zero attached hydrogens (tertiary/aromatic N) is 7. The number of hydrogen-bond acceptors (Lipinski definition) is 8. The van der Waals surface area contributed by atoms with Gasteiger partial charge in [0.1, 0.15) is 18.1 Å². The van der Waals surface area contributed by atoms with E-state index in [9.17, 15) is 4.39 Å². The Morgan fingerprint density at radius 2 is 2.29 bits per heavy atom. The maximum absolute atomic E-state index is 13.9. The Hall–Kier alpha value is -2.60. The van der Waals surface area contributed by atoms with E-state index < -0.39 is 6.17 Å². The maximum atomic E-state index is 13.9. The number of halogens is 1. The van der Waals surface area contributed by atoms with Crippen molar-refractivity contribution >= 4 is 5.82 Å². The Labute approximate surface area is 138 Å². The second-order valence-electron chi connectivity index (χ2n) is 5.90. The molecule has 0 N–H and O–H groups in total. The minimum absolute atomic E-state index is 0.0150. The lowest BCUT2D eigenvalue weighted by Crippen LogP contribution is -2.39. The summed E-state index contributed by atoms with van der Waals surface area (Å²) >= 11 is 0. The summed E-state index contributed by atoms with van der Waals surface area (Å²) in [7, 11) is 1.87. The van der Waals surface area contributed by atoms with Gasteiger partial charge in [-0.05, 0) is 6.42 Å². The third-order valence-electron chi connectivity index (χ3n) is 4.02. The van der Waals surface area contributed by atoms with Crippen LogP contribution in [0.2, 0.25) is 0 Å². The van der Waals surface area contributed by atoms with E-state index in [1.165, 1.54) is 6.20 Å². The van der Waals surface area contributed by atoms with E-state index >= 15 is 0 Å². The number of likely N-dealkylation sites (tertiary alicyclic amines) is 1. The van der Waals surface area contributed by atoms with Gasteiger partial charge in [0.25, 0.3) is 0 Å². The molecule has 0 aromatic carbocycles. The third kappa shape index (κ3) is 3.65. The van der Waals surface area contributed by atoms with Gasteiger partial charge in [-0.3, -0.25) is 4.90 Å². The number of aromatic nitrogens is 4. The molecule has 1 fully saturated rings. The van der Waals surface area contributed by atoms with Gasteiger partial charge in [0.2, 0.25) is 5.89 Å². The molecule has 9 heteroatoms. The molecule has 2 atom stereocenters. The molecule has 2 aromatic rings. The van der Waals surface area contributed by atoms with Crippen LogP contribution in [0.4, 0.5) is 10.2 Å². The number of rotatable bonds is 5. The summed E-state index contributed by atoms with van der Waals surface area (Å²) < 4.78 is 18.9. The van der Waals surface area contributed by atoms with Gasteiger partial charge < -0.3 is 9.42 Å². The number of nitriles is 1. The van der Waals surface area contributed by atoms with Gasteiger partial charge in [0, 0.05) is 33.1 Å². The quantitative estimate of drug-likeness (QED) is 0.803. The first-order valence-corrected chi connectivity index (χ1v) is 7.65. The SMILES string of the molecule is Cc1nc(CN2C[C@@H](F)C[C@H]2CN(C)c2cnc(C#N)cn2)no1. The van der Waals surface area contributed by atoms with Crippen molar-refractivity contribution in [2.24, 2.45) is 0 Å². The van der Waals surface area contributed by atoms with Crippen LogP contribution >= 0.6 is 0 Å². The van der Waals surface area contributed by atoms with Crippen molar-refractivity contribution in [2.45, 2.75) is 32.1 Å². The molecule has 8 nitrogen and oxygen atoms in total. The number of anilines is 1. The Kier molecular flexibility index (Phi) is 4.66. The van der Waals surface area contributed by atoms with E-state index in [4.69, 9.17) is 9.78 Å². The summed E-state index contributed by atoms with van der Waals surface area (Å²) in [5.41, 5.74) is 0.269. The molecule has 0 bridgehead atoms. The zero-order valence-corrected chi connectivity index (χ0v) is 13.6. The molecule has 3 rings (SSSR count). The Bertz CT molecular complexity index is 726. The number of likely N-dealkylation sites (N-methyl/N-ethyl adjacent to an activating group) is 1. The highest BCUT2D eigenvalue weighted by Gasteiger charge is 2.33. The summed E-state index contributed by atoms with van der Waals surface area (Å²) in [6, 6.07) is 1.95. The van der Waals surface area contributed by atoms with Crippen LogP contribution in [0.25, 0.3) is 0 Å². The molecule has 1 aliphatic heterocycles. The molecule has 0 saturated carbocycles. The van der Waals surface area contributed by atoms with Crippen molar-refractivity contribution in [1.29, 1.82) is 5.26 Å². The van der Waals surface area contributed by atoms with Crippen LogP contribution in [-0.2, 0) is 6.54 Å². The summed E-state index contributed by atoms with van der Waals surface area (Å²) in [5.74, 6) is 1.71. The molecule has 24 heavy (non-hydrogen) atoms. The van der Waals surface area contributed by atoms with Gasteiger partial charge in [-0.25, -0.2) is 14.4 Å². The van der Waals surface area contributed by atoms with Crippen molar-refractivity contribution in [2.75, 3.05) is 25.0 Å². The molecule has 0 aliphatic carbocycles. The zero-order valence-electron chi connectivity index (χ0n) is 13.6. The van der Waals surface area contributed by atoms with Crippen LogP contribution in [-0.4, -0.2) is 57.4 Å². The fourth-order valence-electron chi connectivity index (χ4n) is 2.88. The number of aryl methyl sites for hydroxylation is 1. The normalized spacial score (nSPS) is 20.9. The van der Waals surface area contributed by atoms with Gasteiger partial charge in [0.05, 0.1) is 18.9 Å². The maximum Gasteiger partial charge on any atom is 0.223 e. The molecule has 0 amide bonds. The molecule has 1 aliphatic rings. The lowest BCUT2D eigenvalue weighted by atomic mass is 10.2. The summed E-state index contributed by atoms with van der Waals surface area (Å²) in [6.45, 7) is 3.13. The fourth-order valence-corrected chi connectivity index (χ4v) is 2.88. The molecule has 0 radical (unpaired) electrons. The fraction of sp³-hybridized carbons (Fsp3) is 0.533. The van der Waals surface area contributed by atoms with Gasteiger partial charge in [0.15, 0.2) is 11.5 Å². The van der Waals surface area contributed by atoms with Crippen LogP contribution in [0.5, 0.6) is 0 Å². The Balaban J connectivity index is 1.66. The van der Waals surface area contributed by atoms with E-state index in [0.717, 1.165) is 0 Å². The Morgan fingerprint density at radius 1 is 1.46 bits per heavy atom. The predicted molar refractivity (Wildman–Crippen MR) is 82.8 cm³/mol. The average Bonchev–Trinajstić information content (AvgIpc) is 3.13. The second kappa shape index (κ2) is 6.88. The summed E-state index contributed by atoms with van der Waals surface area (Å²) in [4.78, 5) is 16.3. The lowest BCUT2D eigenvalue weighted by molar-refractivity contribution is 0.228. The van der Waals surface area contributed by atoms with Gasteiger partial charge in [-0.2, -0.15) is 10.2 Å². The first-order valence-electron chi connectivity index (χ1n) is 7.65. The van der Waals surface area contributed by atoms with Gasteiger partial charge >= 0.3 is 0 Å². The van der Waals surface area contributed by atoms with E-state index in [2.05, 4.69) is 20.1 Å². The van der Waals surface area contributed by atoms with Crippen LogP contribution in [0.15, 0.2) is 16.9 Å². The van der Waals surface area contributed by atoms with Crippen LogP contribution in [0.3, 0.4) is 0 Å². The summed E-state index contributed by atoms with van der Waals surface area (Å²) in [6.07, 6.45) is 2.56. The minimum Gasteiger partial charge on any atom is -0.357 e. The van der Waals surface area contributed by atoms with E-state index in [1.54, 1.807) is 13.1 Å². The molecule has 3 heterocycles. The van der Waals surface area contributed by atoms with Crippen molar-refractivity contribution in [1.82, 2.24) is 25.0 Å². The van der Waals surface area contributed by atoms with E-state index in [-0.39, 0.29) is 11.7 Å². The summed E-state index contributed by atoms with van der Waals surface area (Å²) in [5, 5.41) is 12.6. The van der Waals surface area contributed by atoms with Crippen molar-refractivity contribution < 1.29 is 8.91 Å². The van der Waals surface area contributed by atoms with Crippen molar-refractivity contribution in [3.05, 3.63) is 29.8 Å². The molecular weight excluding hydrogens is 313 g/mol. The highest BCUT2D eigenvalue weighted by molar-refractivity contribution is 5.36. The third-order valence-corrected chi connectivity index (χ3v) is 4.02. The molecule has 2 aromatic heterocycles. The minimum atomic E-state index is -0.872. The molecule has 1 saturated heterocycles. The van der Waals surface area contributed by atoms with Gasteiger partial charge in [-0.1, -0.05) is 5.16 Å². The van der Waals surface area contributed by atoms with Crippen LogP contribution < -0.4 is 4.90 Å². The largest absolute Gasteiger partial charge is 0.357 e. The van der Waals surface area contributed by atoms with Crippen LogP contribution in [0.1, 0.15) is 23.8 Å². The molecule has 126 valence electrons. The Morgan fingerprint density at radius 3 is 2.92 bits per heavy atom. The highest BCUT2D eigenvalue weighted by Crippen LogP contribution is 2.23. The first-order chi connectivity index (χ1) is 11.5. The monoisotopic (exact) mass is 331 g/mol. The zero-order chi connectivity index (χ0) is 17.1. The van der Waals surface area contributed by atoms with Gasteiger partial charge in [-0.15, -0.1) is 0 Å². The van der Waals surface area contributed by atoms with Crippen LogP contribution in [0, 0.1) is 18.3 Å². The number of alkyl halides is 1. The van der Waals surface area contributed by atoms with E-state index in [1.807, 2.05) is 22.9 Å². The molecule has 0 spiro atoms. The first kappa shape index (κ1) is 16.3. The van der Waals surface area contributed by atoms with Crippen molar-refractivity contribution in [3.8, 4) is 6.07 Å². The number of hydrogen-bond donors (Lipinski definition) is 0. The topological polar surface area (TPSA) is 95.0 Å². The average molecular weight is 331 g/mol. The lowest BCUT2D eigenvalue weighted by Gasteiger charge is -2.27. The predicted octanol–water partition coefficient (Wildman–Crippen LogP) is 1.09. The molecular formula is C15H18FN7O.